The molecule has 0 fully saturated rings. The van der Waals surface area contributed by atoms with Crippen LogP contribution in [0.25, 0.3) is 0 Å². The van der Waals surface area contributed by atoms with Crippen LogP contribution in [-0.4, -0.2) is 49.7 Å². The average Bonchev–Trinajstić information content (AvgIpc) is 3.04. The Morgan fingerprint density at radius 1 is 0.478 bits per heavy atom. The molecule has 0 aromatic carbocycles. The molecule has 0 amide bonds. The summed E-state index contributed by atoms with van der Waals surface area (Å²) in [5.74, 6) is -0.258. The molecule has 0 aromatic heterocycles. The van der Waals surface area contributed by atoms with E-state index in [9.17, 15) is 9.59 Å². The first-order valence-corrected chi connectivity index (χ1v) is 20.6. The van der Waals surface area contributed by atoms with E-state index < -0.39 is 0 Å². The molecule has 1 atom stereocenters. The Bertz CT molecular complexity index is 640. The summed E-state index contributed by atoms with van der Waals surface area (Å²) in [6.07, 6.45) is 39.7. The van der Waals surface area contributed by atoms with Crippen LogP contribution < -0.4 is 0 Å². The zero-order chi connectivity index (χ0) is 33.8. The van der Waals surface area contributed by atoms with Gasteiger partial charge in [-0.2, -0.15) is 0 Å². The van der Waals surface area contributed by atoms with E-state index in [1.54, 1.807) is 0 Å². The van der Waals surface area contributed by atoms with E-state index in [0.717, 1.165) is 32.1 Å². The van der Waals surface area contributed by atoms with Crippen molar-refractivity contribution in [2.75, 3.05) is 26.8 Å². The molecule has 46 heavy (non-hydrogen) atoms. The molecule has 0 saturated carbocycles. The van der Waals surface area contributed by atoms with Gasteiger partial charge in [0, 0.05) is 13.0 Å². The second-order valence-corrected chi connectivity index (χ2v) is 14.1. The van der Waals surface area contributed by atoms with Gasteiger partial charge in [0.1, 0.15) is 12.6 Å². The van der Waals surface area contributed by atoms with Crippen molar-refractivity contribution in [1.29, 1.82) is 0 Å². The van der Waals surface area contributed by atoms with Crippen LogP contribution in [0.15, 0.2) is 0 Å². The van der Waals surface area contributed by atoms with E-state index in [1.807, 2.05) is 18.9 Å². The highest BCUT2D eigenvalue weighted by molar-refractivity contribution is 5.75. The van der Waals surface area contributed by atoms with Crippen molar-refractivity contribution in [3.8, 4) is 0 Å². The van der Waals surface area contributed by atoms with Gasteiger partial charge in [-0.3, -0.25) is 14.5 Å². The van der Waals surface area contributed by atoms with E-state index in [2.05, 4.69) is 13.8 Å². The Labute approximate surface area is 288 Å². The molecule has 274 valence electrons. The van der Waals surface area contributed by atoms with Gasteiger partial charge in [0.2, 0.25) is 0 Å². The number of hydrogen-bond donors (Lipinski definition) is 0. The number of ether oxygens (including phenoxy) is 2. The van der Waals surface area contributed by atoms with Crippen LogP contribution in [0.5, 0.6) is 0 Å². The minimum Gasteiger partial charge on any atom is -0.465 e. The van der Waals surface area contributed by atoms with Gasteiger partial charge in [-0.15, -0.1) is 0 Å². The summed E-state index contributed by atoms with van der Waals surface area (Å²) in [5.41, 5.74) is 0. The number of esters is 2. The molecule has 0 radical (unpaired) electrons. The van der Waals surface area contributed by atoms with Gasteiger partial charge in [-0.25, -0.2) is 0 Å². The molecule has 1 unspecified atom stereocenters. The lowest BCUT2D eigenvalue weighted by atomic mass is 10.0. The molecule has 0 N–H and O–H groups in total. The maximum absolute atomic E-state index is 12.6. The fourth-order valence-corrected chi connectivity index (χ4v) is 6.46. The van der Waals surface area contributed by atoms with Crippen LogP contribution in [0.1, 0.15) is 220 Å². The monoisotopic (exact) mass is 652 g/mol. The molecule has 0 heterocycles. The predicted molar refractivity (Wildman–Crippen MR) is 198 cm³/mol. The molecule has 0 aliphatic rings. The van der Waals surface area contributed by atoms with Crippen LogP contribution in [0.2, 0.25) is 0 Å². The molecule has 0 rings (SSSR count). The summed E-state index contributed by atoms with van der Waals surface area (Å²) in [5, 5.41) is 0. The predicted octanol–water partition coefficient (Wildman–Crippen LogP) is 12.5. The van der Waals surface area contributed by atoms with Gasteiger partial charge < -0.3 is 9.47 Å². The van der Waals surface area contributed by atoms with Crippen LogP contribution in [0.3, 0.4) is 0 Å². The van der Waals surface area contributed by atoms with Crippen LogP contribution in [-0.2, 0) is 19.1 Å². The molecular weight excluding hydrogens is 570 g/mol. The highest BCUT2D eigenvalue weighted by atomic mass is 16.5. The first-order valence-electron chi connectivity index (χ1n) is 20.6. The lowest BCUT2D eigenvalue weighted by Gasteiger charge is -2.26. The Kier molecular flexibility index (Phi) is 35.9. The summed E-state index contributed by atoms with van der Waals surface area (Å²) >= 11 is 0. The molecule has 0 saturated heterocycles. The molecule has 0 spiro atoms. The topological polar surface area (TPSA) is 55.8 Å². The standard InChI is InChI=1S/C41H81NO4/c1-5-8-10-12-14-16-18-20-22-24-26-28-30-32-34-36-40(43)46-38-37-42(4)39(41(44)45-7-3)35-33-31-29-27-25-23-21-19-17-15-13-11-9-6-2/h39H,5-38H2,1-4H3. The molecular formula is C41H81NO4. The Balaban J connectivity index is 3.80. The molecule has 5 nitrogen and oxygen atoms in total. The summed E-state index contributed by atoms with van der Waals surface area (Å²) in [6, 6.07) is -0.258. The van der Waals surface area contributed by atoms with Gasteiger partial charge in [0.15, 0.2) is 0 Å². The minimum absolute atomic E-state index is 0.109. The first kappa shape index (κ1) is 44.9. The largest absolute Gasteiger partial charge is 0.465 e. The fraction of sp³-hybridized carbons (Fsp3) is 0.951. The number of likely N-dealkylation sites (N-methyl/N-ethyl adjacent to an activating group) is 1. The van der Waals surface area contributed by atoms with Gasteiger partial charge in [-0.05, 0) is 26.8 Å². The summed E-state index contributed by atoms with van der Waals surface area (Å²) in [6.45, 7) is 7.72. The number of hydrogen-bond acceptors (Lipinski definition) is 5. The van der Waals surface area contributed by atoms with Crippen molar-refractivity contribution >= 4 is 11.9 Å². The number of unbranched alkanes of at least 4 members (excludes halogenated alkanes) is 27. The van der Waals surface area contributed by atoms with E-state index in [4.69, 9.17) is 9.47 Å². The van der Waals surface area contributed by atoms with E-state index in [0.29, 0.717) is 26.2 Å². The number of carbonyl (C=O) groups excluding carboxylic acids is 2. The average molecular weight is 652 g/mol. The number of nitrogens with zero attached hydrogens (tertiary/aromatic N) is 1. The number of carbonyl (C=O) groups is 2. The van der Waals surface area contributed by atoms with Crippen LogP contribution in [0, 0.1) is 0 Å². The molecule has 0 bridgehead atoms. The third-order valence-electron chi connectivity index (χ3n) is 9.61. The van der Waals surface area contributed by atoms with Gasteiger partial charge in [-0.1, -0.05) is 194 Å². The summed E-state index contributed by atoms with van der Waals surface area (Å²) in [4.78, 5) is 26.9. The quantitative estimate of drug-likeness (QED) is 0.0494. The first-order chi connectivity index (χ1) is 22.6. The second-order valence-electron chi connectivity index (χ2n) is 14.1. The summed E-state index contributed by atoms with van der Waals surface area (Å²) < 4.78 is 10.9. The van der Waals surface area contributed by atoms with Crippen molar-refractivity contribution in [1.82, 2.24) is 4.90 Å². The third kappa shape index (κ3) is 31.5. The van der Waals surface area contributed by atoms with Crippen LogP contribution >= 0.6 is 0 Å². The van der Waals surface area contributed by atoms with Crippen molar-refractivity contribution < 1.29 is 19.1 Å². The van der Waals surface area contributed by atoms with Crippen molar-refractivity contribution in [3.63, 3.8) is 0 Å². The molecule has 0 aliphatic carbocycles. The highest BCUT2D eigenvalue weighted by Crippen LogP contribution is 2.17. The molecule has 5 heteroatoms. The maximum Gasteiger partial charge on any atom is 0.323 e. The van der Waals surface area contributed by atoms with E-state index in [1.165, 1.54) is 161 Å². The Morgan fingerprint density at radius 3 is 1.20 bits per heavy atom. The number of rotatable bonds is 37. The van der Waals surface area contributed by atoms with Crippen molar-refractivity contribution in [2.24, 2.45) is 0 Å². The Hall–Kier alpha value is -1.10. The van der Waals surface area contributed by atoms with Crippen LogP contribution in [0.4, 0.5) is 0 Å². The van der Waals surface area contributed by atoms with Gasteiger partial charge >= 0.3 is 11.9 Å². The Morgan fingerprint density at radius 2 is 0.826 bits per heavy atom. The summed E-state index contributed by atoms with van der Waals surface area (Å²) in [7, 11) is 1.95. The van der Waals surface area contributed by atoms with E-state index in [-0.39, 0.29) is 18.0 Å². The van der Waals surface area contributed by atoms with E-state index >= 15 is 0 Å². The minimum atomic E-state index is -0.258. The normalized spacial score (nSPS) is 12.1. The molecule has 0 aliphatic heterocycles. The maximum atomic E-state index is 12.6. The highest BCUT2D eigenvalue weighted by Gasteiger charge is 2.24. The lowest BCUT2D eigenvalue weighted by Crippen LogP contribution is -2.41. The fourth-order valence-electron chi connectivity index (χ4n) is 6.46. The second kappa shape index (κ2) is 36.7. The lowest BCUT2D eigenvalue weighted by molar-refractivity contribution is -0.150. The van der Waals surface area contributed by atoms with Gasteiger partial charge in [0.25, 0.3) is 0 Å². The third-order valence-corrected chi connectivity index (χ3v) is 9.61. The van der Waals surface area contributed by atoms with Gasteiger partial charge in [0.05, 0.1) is 6.61 Å². The smallest absolute Gasteiger partial charge is 0.323 e. The zero-order valence-corrected chi connectivity index (χ0v) is 31.7. The zero-order valence-electron chi connectivity index (χ0n) is 31.7. The molecule has 0 aromatic rings. The SMILES string of the molecule is CCCCCCCCCCCCCCCCCC(=O)OCCN(C)C(CCCCCCCCCCCCCCCC)C(=O)OCC. The van der Waals surface area contributed by atoms with Crippen molar-refractivity contribution in [2.45, 2.75) is 226 Å². The van der Waals surface area contributed by atoms with Crippen molar-refractivity contribution in [3.05, 3.63) is 0 Å².